The molecule has 1 aromatic heterocycles. The van der Waals surface area contributed by atoms with Crippen molar-refractivity contribution in [1.82, 2.24) is 9.55 Å². The van der Waals surface area contributed by atoms with Crippen LogP contribution in [0.15, 0.2) is 18.2 Å². The average molecular weight is 244 g/mol. The maximum atomic E-state index is 9.98. The molecule has 0 atom stereocenters. The maximum Gasteiger partial charge on any atom is 0.112 e. The summed E-state index contributed by atoms with van der Waals surface area (Å²) in [5.74, 6) is 1.55. The Kier molecular flexibility index (Phi) is 2.49. The zero-order valence-electron chi connectivity index (χ0n) is 11.3. The number of aryl methyl sites for hydroxylation is 1. The minimum absolute atomic E-state index is 0.427. The van der Waals surface area contributed by atoms with Gasteiger partial charge in [-0.25, -0.2) is 4.98 Å². The van der Waals surface area contributed by atoms with Crippen LogP contribution in [0.4, 0.5) is 0 Å². The minimum atomic E-state index is -0.427. The number of aromatic nitrogens is 2. The third-order valence-electron chi connectivity index (χ3n) is 3.86. The molecule has 0 saturated heterocycles. The number of rotatable bonds is 3. The van der Waals surface area contributed by atoms with Crippen LogP contribution < -0.4 is 0 Å². The number of hydrogen-bond acceptors (Lipinski definition) is 2. The lowest BCUT2D eigenvalue weighted by Gasteiger charge is -2.07. The first-order valence-electron chi connectivity index (χ1n) is 6.66. The second kappa shape index (κ2) is 3.82. The predicted molar refractivity (Wildman–Crippen MR) is 72.7 cm³/mol. The third kappa shape index (κ3) is 1.93. The summed E-state index contributed by atoms with van der Waals surface area (Å²) in [6.07, 6.45) is 2.63. The van der Waals surface area contributed by atoms with Gasteiger partial charge in [0.15, 0.2) is 0 Å². The van der Waals surface area contributed by atoms with Crippen LogP contribution in [-0.4, -0.2) is 20.3 Å². The second-order valence-electron chi connectivity index (χ2n) is 5.91. The Bertz CT molecular complexity index is 594. The monoisotopic (exact) mass is 244 g/mol. The topological polar surface area (TPSA) is 38.1 Å². The summed E-state index contributed by atoms with van der Waals surface area (Å²) in [4.78, 5) is 4.70. The fourth-order valence-corrected chi connectivity index (χ4v) is 2.59. The molecule has 0 spiro atoms. The van der Waals surface area contributed by atoms with Gasteiger partial charge in [-0.3, -0.25) is 0 Å². The highest BCUT2D eigenvalue weighted by atomic mass is 16.3. The summed E-state index contributed by atoms with van der Waals surface area (Å²) in [6.45, 7) is 4.32. The van der Waals surface area contributed by atoms with E-state index in [0.717, 1.165) is 30.6 Å². The SMILES string of the molecule is CC(C)c1nc2cc(CC3(O)CC3)ccc2n1C. The summed E-state index contributed by atoms with van der Waals surface area (Å²) >= 11 is 0. The quantitative estimate of drug-likeness (QED) is 0.901. The number of hydrogen-bond donors (Lipinski definition) is 1. The van der Waals surface area contributed by atoms with Crippen LogP contribution in [0.25, 0.3) is 11.0 Å². The molecular formula is C15H20N2O. The van der Waals surface area contributed by atoms with Gasteiger partial charge in [-0.05, 0) is 30.5 Å². The van der Waals surface area contributed by atoms with Crippen LogP contribution in [0.2, 0.25) is 0 Å². The molecule has 2 aromatic rings. The normalized spacial score (nSPS) is 17.6. The number of fused-ring (bicyclic) bond motifs is 1. The molecule has 0 unspecified atom stereocenters. The van der Waals surface area contributed by atoms with E-state index in [2.05, 4.69) is 43.7 Å². The summed E-state index contributed by atoms with van der Waals surface area (Å²) < 4.78 is 2.16. The van der Waals surface area contributed by atoms with Crippen LogP contribution in [0.1, 0.15) is 44.0 Å². The minimum Gasteiger partial charge on any atom is -0.390 e. The van der Waals surface area contributed by atoms with Crippen molar-refractivity contribution >= 4 is 11.0 Å². The summed E-state index contributed by atoms with van der Waals surface area (Å²) in [7, 11) is 2.07. The van der Waals surface area contributed by atoms with E-state index in [0.29, 0.717) is 5.92 Å². The van der Waals surface area contributed by atoms with Crippen LogP contribution in [0, 0.1) is 0 Å². The smallest absolute Gasteiger partial charge is 0.112 e. The van der Waals surface area contributed by atoms with Gasteiger partial charge in [-0.1, -0.05) is 19.9 Å². The Morgan fingerprint density at radius 2 is 2.11 bits per heavy atom. The predicted octanol–water partition coefficient (Wildman–Crippen LogP) is 2.76. The van der Waals surface area contributed by atoms with Gasteiger partial charge in [0.05, 0.1) is 16.6 Å². The summed E-state index contributed by atoms with van der Waals surface area (Å²) in [5, 5.41) is 9.98. The lowest BCUT2D eigenvalue weighted by atomic mass is 10.1. The van der Waals surface area contributed by atoms with E-state index in [9.17, 15) is 5.11 Å². The van der Waals surface area contributed by atoms with E-state index >= 15 is 0 Å². The molecule has 3 nitrogen and oxygen atoms in total. The Labute approximate surface area is 107 Å². The van der Waals surface area contributed by atoms with Gasteiger partial charge >= 0.3 is 0 Å². The molecule has 96 valence electrons. The highest BCUT2D eigenvalue weighted by molar-refractivity contribution is 5.77. The number of aliphatic hydroxyl groups is 1. The highest BCUT2D eigenvalue weighted by Gasteiger charge is 2.40. The van der Waals surface area contributed by atoms with Gasteiger partial charge in [0.2, 0.25) is 0 Å². The largest absolute Gasteiger partial charge is 0.390 e. The van der Waals surface area contributed by atoms with Crippen LogP contribution >= 0.6 is 0 Å². The van der Waals surface area contributed by atoms with Gasteiger partial charge in [0.25, 0.3) is 0 Å². The molecule has 18 heavy (non-hydrogen) atoms. The molecule has 3 heteroatoms. The van der Waals surface area contributed by atoms with Crippen molar-refractivity contribution in [3.63, 3.8) is 0 Å². The van der Waals surface area contributed by atoms with E-state index in [1.807, 2.05) is 0 Å². The molecule has 1 heterocycles. The molecule has 1 aromatic carbocycles. The standard InChI is InChI=1S/C15H20N2O/c1-10(2)14-16-12-8-11(9-15(18)6-7-15)4-5-13(12)17(14)3/h4-5,8,10,18H,6-7,9H2,1-3H3. The lowest BCUT2D eigenvalue weighted by Crippen LogP contribution is -2.10. The molecule has 1 saturated carbocycles. The van der Waals surface area contributed by atoms with Crippen molar-refractivity contribution < 1.29 is 5.11 Å². The number of imidazole rings is 1. The fraction of sp³-hybridized carbons (Fsp3) is 0.533. The van der Waals surface area contributed by atoms with Crippen LogP contribution in [0.5, 0.6) is 0 Å². The molecule has 0 aliphatic heterocycles. The molecule has 1 aliphatic carbocycles. The molecule has 1 aliphatic rings. The first-order chi connectivity index (χ1) is 8.48. The van der Waals surface area contributed by atoms with E-state index in [1.54, 1.807) is 0 Å². The van der Waals surface area contributed by atoms with Crippen LogP contribution in [-0.2, 0) is 13.5 Å². The Balaban J connectivity index is 2.01. The first-order valence-corrected chi connectivity index (χ1v) is 6.66. The Hall–Kier alpha value is -1.35. The van der Waals surface area contributed by atoms with Crippen molar-refractivity contribution in [2.45, 2.75) is 44.6 Å². The summed E-state index contributed by atoms with van der Waals surface area (Å²) in [6, 6.07) is 6.36. The van der Waals surface area contributed by atoms with Crippen molar-refractivity contribution in [3.8, 4) is 0 Å². The zero-order valence-corrected chi connectivity index (χ0v) is 11.3. The van der Waals surface area contributed by atoms with Crippen molar-refractivity contribution in [2.24, 2.45) is 7.05 Å². The van der Waals surface area contributed by atoms with Gasteiger partial charge in [0, 0.05) is 19.4 Å². The molecular weight excluding hydrogens is 224 g/mol. The number of nitrogens with zero attached hydrogens (tertiary/aromatic N) is 2. The third-order valence-corrected chi connectivity index (χ3v) is 3.86. The van der Waals surface area contributed by atoms with Crippen molar-refractivity contribution in [3.05, 3.63) is 29.6 Å². The van der Waals surface area contributed by atoms with Gasteiger partial charge in [-0.2, -0.15) is 0 Å². The highest BCUT2D eigenvalue weighted by Crippen LogP contribution is 2.38. The van der Waals surface area contributed by atoms with Crippen molar-refractivity contribution in [1.29, 1.82) is 0 Å². The van der Waals surface area contributed by atoms with Gasteiger partial charge in [-0.15, -0.1) is 0 Å². The molecule has 0 amide bonds. The van der Waals surface area contributed by atoms with Crippen molar-refractivity contribution in [2.75, 3.05) is 0 Å². The molecule has 1 fully saturated rings. The Morgan fingerprint density at radius 3 is 2.72 bits per heavy atom. The number of benzene rings is 1. The fourth-order valence-electron chi connectivity index (χ4n) is 2.59. The van der Waals surface area contributed by atoms with Crippen LogP contribution in [0.3, 0.4) is 0 Å². The van der Waals surface area contributed by atoms with Gasteiger partial charge in [0.1, 0.15) is 5.82 Å². The summed E-state index contributed by atoms with van der Waals surface area (Å²) in [5.41, 5.74) is 2.98. The van der Waals surface area contributed by atoms with E-state index in [1.165, 1.54) is 11.1 Å². The maximum absolute atomic E-state index is 9.98. The van der Waals surface area contributed by atoms with E-state index < -0.39 is 5.60 Å². The molecule has 0 radical (unpaired) electrons. The Morgan fingerprint density at radius 1 is 1.39 bits per heavy atom. The molecule has 0 bridgehead atoms. The van der Waals surface area contributed by atoms with E-state index in [4.69, 9.17) is 4.98 Å². The average Bonchev–Trinajstić information content (AvgIpc) is 2.92. The van der Waals surface area contributed by atoms with Gasteiger partial charge < -0.3 is 9.67 Å². The molecule has 1 N–H and O–H groups in total. The molecule has 3 rings (SSSR count). The second-order valence-corrected chi connectivity index (χ2v) is 5.91. The zero-order chi connectivity index (χ0) is 12.9. The van der Waals surface area contributed by atoms with E-state index in [-0.39, 0.29) is 0 Å². The lowest BCUT2D eigenvalue weighted by molar-refractivity contribution is 0.151. The first kappa shape index (κ1) is 11.7.